The van der Waals surface area contributed by atoms with Gasteiger partial charge in [-0.05, 0) is 111 Å². The quantitative estimate of drug-likeness (QED) is 0.0575. The number of carboxylic acid groups (broad SMARTS) is 1. The molecule has 4 aliphatic heterocycles. The number of carboxylic acids is 1. The first kappa shape index (κ1) is 62.9. The minimum absolute atomic E-state index is 0.0981. The third-order valence-corrected chi connectivity index (χ3v) is 21.7. The van der Waals surface area contributed by atoms with Gasteiger partial charge in [-0.25, -0.2) is 4.79 Å². The maximum Gasteiger partial charge on any atom is 0.335 e. The van der Waals surface area contributed by atoms with Crippen molar-refractivity contribution in [3.63, 3.8) is 0 Å². The van der Waals surface area contributed by atoms with Crippen LogP contribution in [0.1, 0.15) is 120 Å². The smallest absolute Gasteiger partial charge is 0.335 e. The number of aliphatic hydroxyl groups is 12. The molecule has 4 saturated carbocycles. The lowest BCUT2D eigenvalue weighted by Gasteiger charge is -2.71. The number of allylic oxidation sites excluding steroid dienone is 2. The molecule has 25 heteroatoms. The van der Waals surface area contributed by atoms with E-state index in [0.717, 1.165) is 18.9 Å². The summed E-state index contributed by atoms with van der Waals surface area (Å²) in [5.74, 6) is -3.23. The van der Waals surface area contributed by atoms with Crippen molar-refractivity contribution >= 4 is 17.9 Å². The van der Waals surface area contributed by atoms with Crippen LogP contribution in [0.15, 0.2) is 11.6 Å². The SMILES string of the molecule is CC(=O)OCC1OC(OCC2OC(OC(=O)C34CCC(C)(C)CC3C3=CCC5C6(C)CCC(OC7OC(C(=O)O)C(O)C(O)C7O)C(C)(CO)C6CCC5(C)C3(C)CC4)C(O)C(O)C2O)C(O)C(O)C1OC1OC(C)C(O)C(O)C1O. The van der Waals surface area contributed by atoms with E-state index in [0.29, 0.717) is 57.8 Å². The Hall–Kier alpha value is -2.61. The van der Waals surface area contributed by atoms with E-state index < -0.39 is 176 Å². The number of hydrogen-bond acceptors (Lipinski definition) is 24. The monoisotopic (exact) mass is 1160 g/mol. The Labute approximate surface area is 470 Å². The highest BCUT2D eigenvalue weighted by molar-refractivity contribution is 5.79. The van der Waals surface area contributed by atoms with E-state index in [-0.39, 0.29) is 40.6 Å². The Balaban J connectivity index is 0.907. The van der Waals surface area contributed by atoms with Crippen LogP contribution in [0, 0.1) is 50.2 Å². The minimum atomic E-state index is -1.92. The lowest BCUT2D eigenvalue weighted by Crippen LogP contribution is -2.67. The fourth-order valence-electron chi connectivity index (χ4n) is 16.6. The molecule has 0 aromatic rings. The Morgan fingerprint density at radius 1 is 0.617 bits per heavy atom. The molecule has 29 unspecified atom stereocenters. The maximum absolute atomic E-state index is 15.2. The maximum atomic E-state index is 15.2. The minimum Gasteiger partial charge on any atom is -0.479 e. The molecule has 4 saturated heterocycles. The van der Waals surface area contributed by atoms with Crippen molar-refractivity contribution in [1.29, 1.82) is 0 Å². The van der Waals surface area contributed by atoms with E-state index in [9.17, 15) is 76.0 Å². The molecule has 0 bridgehead atoms. The predicted octanol–water partition coefficient (Wildman–Crippen LogP) is -1.37. The summed E-state index contributed by atoms with van der Waals surface area (Å²) in [5, 5.41) is 140. The molecule has 0 aromatic carbocycles. The zero-order chi connectivity index (χ0) is 59.4. The number of hydrogen-bond donors (Lipinski definition) is 13. The van der Waals surface area contributed by atoms with Crippen LogP contribution in [-0.4, -0.2) is 233 Å². The average molecular weight is 1160 g/mol. The van der Waals surface area contributed by atoms with Crippen LogP contribution in [0.5, 0.6) is 0 Å². The first-order valence-electron chi connectivity index (χ1n) is 28.7. The van der Waals surface area contributed by atoms with Gasteiger partial charge < -0.3 is 109 Å². The van der Waals surface area contributed by atoms with Gasteiger partial charge in [-0.15, -0.1) is 0 Å². The second-order valence-electron chi connectivity index (χ2n) is 26.8. The van der Waals surface area contributed by atoms with E-state index >= 15 is 4.79 Å². The molecule has 13 N–H and O–H groups in total. The highest BCUT2D eigenvalue weighted by atomic mass is 16.8. The number of carbonyl (C=O) groups is 3. The number of fused-ring (bicyclic) bond motifs is 7. The molecule has 0 aromatic heterocycles. The van der Waals surface area contributed by atoms with Gasteiger partial charge in [0.25, 0.3) is 0 Å². The standard InChI is InChI=1S/C56H88O25/c1-23-32(59)34(61)39(66)47(75-23)79-43-28(21-73-24(2)58)77-46(42(69)38(43)65)74-20-27-33(60)35(62)40(67)48(76-27)81-50(72)56-17-15-51(3,4)19-26(56)25-9-10-30-52(5)13-12-31(78-49-41(68)36(63)37(64)44(80-49)45(70)71)53(6,22-57)29(52)11-14-55(30,8)54(25,7)16-18-56/h9,23,26-44,46-49,57,59-69H,10-22H2,1-8H3,(H,70,71). The molecular weight excluding hydrogens is 1070 g/mol. The number of esters is 2. The first-order chi connectivity index (χ1) is 37.8. The van der Waals surface area contributed by atoms with Crippen LogP contribution in [0.2, 0.25) is 0 Å². The predicted molar refractivity (Wildman–Crippen MR) is 273 cm³/mol. The summed E-state index contributed by atoms with van der Waals surface area (Å²) in [7, 11) is 0. The molecule has 0 amide bonds. The molecule has 0 radical (unpaired) electrons. The van der Waals surface area contributed by atoms with Crippen molar-refractivity contribution < 1.29 is 123 Å². The molecule has 81 heavy (non-hydrogen) atoms. The van der Waals surface area contributed by atoms with Crippen molar-refractivity contribution in [3.05, 3.63) is 11.6 Å². The van der Waals surface area contributed by atoms with Gasteiger partial charge in [-0.2, -0.15) is 0 Å². The van der Waals surface area contributed by atoms with E-state index in [4.69, 9.17) is 42.6 Å². The van der Waals surface area contributed by atoms with Crippen molar-refractivity contribution in [3.8, 4) is 0 Å². The number of ether oxygens (including phenoxy) is 9. The molecule has 5 aliphatic carbocycles. The van der Waals surface area contributed by atoms with Gasteiger partial charge in [0.1, 0.15) is 92.1 Å². The summed E-state index contributed by atoms with van der Waals surface area (Å²) in [6, 6.07) is 0. The lowest BCUT2D eigenvalue weighted by atomic mass is 9.33. The van der Waals surface area contributed by atoms with Gasteiger partial charge in [-0.1, -0.05) is 53.2 Å². The largest absolute Gasteiger partial charge is 0.479 e. The van der Waals surface area contributed by atoms with Gasteiger partial charge >= 0.3 is 17.9 Å². The van der Waals surface area contributed by atoms with Gasteiger partial charge in [0.15, 0.2) is 25.0 Å². The van der Waals surface area contributed by atoms with Gasteiger partial charge in [0.2, 0.25) is 6.29 Å². The van der Waals surface area contributed by atoms with Crippen molar-refractivity contribution in [2.24, 2.45) is 50.2 Å². The highest BCUT2D eigenvalue weighted by Gasteiger charge is 2.71. The number of aliphatic carboxylic acids is 1. The molecule has 9 aliphatic rings. The summed E-state index contributed by atoms with van der Waals surface area (Å²) in [5.41, 5.74) is -2.08. The second kappa shape index (κ2) is 22.9. The first-order valence-corrected chi connectivity index (χ1v) is 28.7. The normalized spacial score (nSPS) is 52.4. The van der Waals surface area contributed by atoms with E-state index in [2.05, 4.69) is 40.7 Å². The summed E-state index contributed by atoms with van der Waals surface area (Å²) in [6.07, 6.45) is -26.5. The average Bonchev–Trinajstić information content (AvgIpc) is 3.33. The van der Waals surface area contributed by atoms with Crippen LogP contribution < -0.4 is 0 Å². The van der Waals surface area contributed by atoms with Crippen molar-refractivity contribution in [2.75, 3.05) is 19.8 Å². The molecule has 0 spiro atoms. The van der Waals surface area contributed by atoms with E-state index in [1.54, 1.807) is 0 Å². The lowest BCUT2D eigenvalue weighted by molar-refractivity contribution is -0.361. The highest BCUT2D eigenvalue weighted by Crippen LogP contribution is 2.76. The molecule has 29 atom stereocenters. The van der Waals surface area contributed by atoms with Crippen LogP contribution in [0.3, 0.4) is 0 Å². The third kappa shape index (κ3) is 10.6. The van der Waals surface area contributed by atoms with Gasteiger partial charge in [0.05, 0.1) is 30.8 Å². The van der Waals surface area contributed by atoms with E-state index in [1.807, 2.05) is 6.92 Å². The van der Waals surface area contributed by atoms with Gasteiger partial charge in [-0.3, -0.25) is 9.59 Å². The van der Waals surface area contributed by atoms with Crippen molar-refractivity contribution in [2.45, 2.75) is 249 Å². The zero-order valence-corrected chi connectivity index (χ0v) is 47.3. The molecule has 25 nitrogen and oxygen atoms in total. The topological polar surface area (TPSA) is 397 Å². The molecular formula is C56H88O25. The van der Waals surface area contributed by atoms with Crippen molar-refractivity contribution in [1.82, 2.24) is 0 Å². The Bertz CT molecular complexity index is 2320. The molecule has 462 valence electrons. The van der Waals surface area contributed by atoms with Crippen LogP contribution in [0.25, 0.3) is 0 Å². The summed E-state index contributed by atoms with van der Waals surface area (Å²) < 4.78 is 52.3. The number of rotatable bonds is 13. The summed E-state index contributed by atoms with van der Waals surface area (Å²) in [4.78, 5) is 39.0. The Morgan fingerprint density at radius 2 is 1.22 bits per heavy atom. The van der Waals surface area contributed by atoms with Crippen LogP contribution in [0.4, 0.5) is 0 Å². The third-order valence-electron chi connectivity index (χ3n) is 21.7. The zero-order valence-electron chi connectivity index (χ0n) is 47.3. The second-order valence-corrected chi connectivity index (χ2v) is 26.8. The summed E-state index contributed by atoms with van der Waals surface area (Å²) >= 11 is 0. The Morgan fingerprint density at radius 3 is 1.88 bits per heavy atom. The molecule has 8 fully saturated rings. The fraction of sp³-hybridized carbons (Fsp3) is 0.911. The van der Waals surface area contributed by atoms with Crippen LogP contribution in [-0.2, 0) is 57.0 Å². The molecule has 9 rings (SSSR count). The number of carbonyl (C=O) groups excluding carboxylic acids is 2. The fourth-order valence-corrected chi connectivity index (χ4v) is 16.6. The van der Waals surface area contributed by atoms with Crippen LogP contribution >= 0.6 is 0 Å². The summed E-state index contributed by atoms with van der Waals surface area (Å²) in [6.45, 7) is 14.2. The van der Waals surface area contributed by atoms with Gasteiger partial charge in [0, 0.05) is 12.3 Å². The van der Waals surface area contributed by atoms with E-state index in [1.165, 1.54) is 6.92 Å². The number of aliphatic hydroxyl groups excluding tert-OH is 12. The molecule has 4 heterocycles. The Kier molecular flexibility index (Phi) is 17.8.